The molecule has 0 atom stereocenters. The lowest BCUT2D eigenvalue weighted by Crippen LogP contribution is -2.48. The molecule has 0 radical (unpaired) electrons. The maximum absolute atomic E-state index is 11.0. The zero-order chi connectivity index (χ0) is 14.8. The highest BCUT2D eigenvalue weighted by Crippen LogP contribution is 2.31. The van der Waals surface area contributed by atoms with Gasteiger partial charge in [0.2, 0.25) is 0 Å². The Morgan fingerprint density at radius 1 is 1.38 bits per heavy atom. The number of anilines is 1. The first-order valence-corrected chi connectivity index (χ1v) is 7.46. The van der Waals surface area contributed by atoms with Crippen LogP contribution < -0.4 is 4.90 Å². The number of thiophene rings is 1. The Labute approximate surface area is 125 Å². The molecule has 3 heterocycles. The third kappa shape index (κ3) is 2.77. The van der Waals surface area contributed by atoms with Crippen molar-refractivity contribution in [2.45, 2.75) is 6.61 Å². The van der Waals surface area contributed by atoms with Crippen molar-refractivity contribution in [3.63, 3.8) is 0 Å². The van der Waals surface area contributed by atoms with E-state index in [1.165, 1.54) is 4.90 Å². The molecule has 1 N–H and O–H groups in total. The summed E-state index contributed by atoms with van der Waals surface area (Å²) >= 11 is 1.60. The molecule has 0 bridgehead atoms. The minimum Gasteiger partial charge on any atom is -0.465 e. The fourth-order valence-corrected chi connectivity index (χ4v) is 3.43. The molecule has 1 saturated heterocycles. The molecule has 1 amide bonds. The molecule has 2 aromatic heterocycles. The maximum atomic E-state index is 11.0. The van der Waals surface area contributed by atoms with Gasteiger partial charge in [0.05, 0.1) is 12.0 Å². The van der Waals surface area contributed by atoms with Crippen molar-refractivity contribution < 1.29 is 14.6 Å². The largest absolute Gasteiger partial charge is 0.465 e. The van der Waals surface area contributed by atoms with Crippen LogP contribution in [0.1, 0.15) is 4.88 Å². The van der Waals surface area contributed by atoms with E-state index in [1.54, 1.807) is 24.8 Å². The van der Waals surface area contributed by atoms with Crippen LogP contribution in [0.3, 0.4) is 0 Å². The maximum Gasteiger partial charge on any atom is 0.407 e. The van der Waals surface area contributed by atoms with Crippen LogP contribution in [0.2, 0.25) is 0 Å². The number of carboxylic acid groups (broad SMARTS) is 1. The third-order valence-electron chi connectivity index (χ3n) is 3.50. The summed E-state index contributed by atoms with van der Waals surface area (Å²) in [4.78, 5) is 25.2. The molecule has 0 aliphatic carbocycles. The summed E-state index contributed by atoms with van der Waals surface area (Å²) in [5.41, 5.74) is 0. The molecule has 1 aliphatic rings. The predicted octanol–water partition coefficient (Wildman–Crippen LogP) is 1.64. The first-order chi connectivity index (χ1) is 10.2. The normalized spacial score (nSPS) is 15.7. The molecule has 112 valence electrons. The Morgan fingerprint density at radius 2 is 2.14 bits per heavy atom. The Morgan fingerprint density at radius 3 is 2.81 bits per heavy atom. The number of amides is 1. The smallest absolute Gasteiger partial charge is 0.407 e. The van der Waals surface area contributed by atoms with Gasteiger partial charge in [-0.15, -0.1) is 11.3 Å². The van der Waals surface area contributed by atoms with Crippen LogP contribution in [0, 0.1) is 0 Å². The number of ether oxygens (including phenoxy) is 1. The molecule has 1 aliphatic heterocycles. The van der Waals surface area contributed by atoms with Crippen molar-refractivity contribution >= 4 is 33.5 Å². The minimum atomic E-state index is -0.861. The van der Waals surface area contributed by atoms with Gasteiger partial charge in [0, 0.05) is 38.2 Å². The van der Waals surface area contributed by atoms with Crippen molar-refractivity contribution in [2.24, 2.45) is 0 Å². The number of fused-ring (bicyclic) bond motifs is 1. The Kier molecular flexibility index (Phi) is 3.89. The zero-order valence-corrected chi connectivity index (χ0v) is 12.5. The van der Waals surface area contributed by atoms with Crippen molar-refractivity contribution in [1.29, 1.82) is 0 Å². The zero-order valence-electron chi connectivity index (χ0n) is 11.7. The molecule has 0 unspecified atom stereocenters. The highest BCUT2D eigenvalue weighted by atomic mass is 32.1. The summed E-state index contributed by atoms with van der Waals surface area (Å²) in [6.45, 7) is 2.85. The monoisotopic (exact) mass is 308 g/mol. The van der Waals surface area contributed by atoms with Crippen molar-refractivity contribution in [3.05, 3.63) is 17.3 Å². The lowest BCUT2D eigenvalue weighted by Gasteiger charge is -2.34. The number of rotatable bonds is 3. The number of carbonyl (C=O) groups is 1. The van der Waals surface area contributed by atoms with Crippen LogP contribution in [0.15, 0.2) is 12.4 Å². The summed E-state index contributed by atoms with van der Waals surface area (Å²) < 4.78 is 5.16. The number of piperazine rings is 1. The van der Waals surface area contributed by atoms with Gasteiger partial charge in [-0.2, -0.15) is 0 Å². The SMILES string of the molecule is COCc1cc2c(N3CCN(C(=O)O)CC3)ncnc2s1. The summed E-state index contributed by atoms with van der Waals surface area (Å²) in [5.74, 6) is 0.878. The molecule has 3 rings (SSSR count). The minimum absolute atomic E-state index is 0.496. The molecule has 0 spiro atoms. The second kappa shape index (κ2) is 5.82. The lowest BCUT2D eigenvalue weighted by molar-refractivity contribution is 0.142. The first-order valence-electron chi connectivity index (χ1n) is 6.64. The fourth-order valence-electron chi connectivity index (χ4n) is 2.47. The van der Waals surface area contributed by atoms with Gasteiger partial charge in [0.15, 0.2) is 0 Å². The van der Waals surface area contributed by atoms with Crippen LogP contribution in [-0.2, 0) is 11.3 Å². The number of methoxy groups -OCH3 is 1. The third-order valence-corrected chi connectivity index (χ3v) is 4.51. The topological polar surface area (TPSA) is 78.8 Å². The molecular weight excluding hydrogens is 292 g/mol. The second-order valence-electron chi connectivity index (χ2n) is 4.82. The van der Waals surface area contributed by atoms with E-state index in [9.17, 15) is 4.79 Å². The van der Waals surface area contributed by atoms with E-state index in [0.29, 0.717) is 32.8 Å². The summed E-state index contributed by atoms with van der Waals surface area (Å²) in [5, 5.41) is 10.0. The van der Waals surface area contributed by atoms with Gasteiger partial charge in [-0.05, 0) is 6.07 Å². The summed E-state index contributed by atoms with van der Waals surface area (Å²) in [7, 11) is 1.67. The molecule has 1 fully saturated rings. The van der Waals surface area contributed by atoms with E-state index in [2.05, 4.69) is 20.9 Å². The Hall–Kier alpha value is -1.93. The standard InChI is InChI=1S/C13H16N4O3S/c1-20-7-9-6-10-11(14-8-15-12(10)21-9)16-2-4-17(5-3-16)13(18)19/h6,8H,2-5,7H2,1H3,(H,18,19). The van der Waals surface area contributed by atoms with Crippen molar-refractivity contribution in [3.8, 4) is 0 Å². The van der Waals surface area contributed by atoms with Gasteiger partial charge < -0.3 is 19.6 Å². The first kappa shape index (κ1) is 14.0. The Bertz CT molecular complexity index is 652. The second-order valence-corrected chi connectivity index (χ2v) is 5.93. The van der Waals surface area contributed by atoms with Crippen LogP contribution in [-0.4, -0.2) is 59.4 Å². The van der Waals surface area contributed by atoms with Crippen LogP contribution >= 0.6 is 11.3 Å². The molecule has 7 nitrogen and oxygen atoms in total. The summed E-state index contributed by atoms with van der Waals surface area (Å²) in [6.07, 6.45) is 0.703. The number of aromatic nitrogens is 2. The Balaban J connectivity index is 1.85. The van der Waals surface area contributed by atoms with Gasteiger partial charge in [-0.25, -0.2) is 14.8 Å². The average molecular weight is 308 g/mol. The summed E-state index contributed by atoms with van der Waals surface area (Å²) in [6, 6.07) is 2.06. The van der Waals surface area contributed by atoms with E-state index in [1.807, 2.05) is 0 Å². The number of nitrogens with zero attached hydrogens (tertiary/aromatic N) is 4. The van der Waals surface area contributed by atoms with Crippen molar-refractivity contribution in [2.75, 3.05) is 38.2 Å². The fraction of sp³-hybridized carbons (Fsp3) is 0.462. The highest BCUT2D eigenvalue weighted by Gasteiger charge is 2.23. The quantitative estimate of drug-likeness (QED) is 0.928. The van der Waals surface area contributed by atoms with E-state index >= 15 is 0 Å². The van der Waals surface area contributed by atoms with E-state index in [-0.39, 0.29) is 0 Å². The van der Waals surface area contributed by atoms with Gasteiger partial charge in [-0.3, -0.25) is 0 Å². The van der Waals surface area contributed by atoms with Crippen LogP contribution in [0.25, 0.3) is 10.2 Å². The molecular formula is C13H16N4O3S. The van der Waals surface area contributed by atoms with Gasteiger partial charge in [0.1, 0.15) is 17.0 Å². The molecule has 21 heavy (non-hydrogen) atoms. The van der Waals surface area contributed by atoms with E-state index < -0.39 is 6.09 Å². The van der Waals surface area contributed by atoms with Crippen LogP contribution in [0.4, 0.5) is 10.6 Å². The van der Waals surface area contributed by atoms with Gasteiger partial charge >= 0.3 is 6.09 Å². The lowest BCUT2D eigenvalue weighted by atomic mass is 10.2. The van der Waals surface area contributed by atoms with E-state index in [4.69, 9.17) is 9.84 Å². The number of hydrogen-bond donors (Lipinski definition) is 1. The van der Waals surface area contributed by atoms with Crippen LogP contribution in [0.5, 0.6) is 0 Å². The molecule has 2 aromatic rings. The van der Waals surface area contributed by atoms with E-state index in [0.717, 1.165) is 20.9 Å². The number of hydrogen-bond acceptors (Lipinski definition) is 6. The molecule has 8 heteroatoms. The van der Waals surface area contributed by atoms with Gasteiger partial charge in [0.25, 0.3) is 0 Å². The molecule has 0 aromatic carbocycles. The molecule has 0 saturated carbocycles. The van der Waals surface area contributed by atoms with Crippen molar-refractivity contribution in [1.82, 2.24) is 14.9 Å². The predicted molar refractivity (Wildman–Crippen MR) is 79.9 cm³/mol. The van der Waals surface area contributed by atoms with Gasteiger partial charge in [-0.1, -0.05) is 0 Å². The highest BCUT2D eigenvalue weighted by molar-refractivity contribution is 7.18. The average Bonchev–Trinajstić information content (AvgIpc) is 2.90.